The predicted octanol–water partition coefficient (Wildman–Crippen LogP) is 2.46. The van der Waals surface area contributed by atoms with E-state index in [9.17, 15) is 23.3 Å². The molecule has 230 valence electrons. The Morgan fingerprint density at radius 2 is 1.71 bits per heavy atom. The maximum Gasteiger partial charge on any atom is 0.270 e. The van der Waals surface area contributed by atoms with Crippen LogP contribution in [-0.2, 0) is 19.5 Å². The zero-order valence-corrected chi connectivity index (χ0v) is 25.9. The summed E-state index contributed by atoms with van der Waals surface area (Å²) in [5.41, 5.74) is 1.19. The lowest BCUT2D eigenvalue weighted by Gasteiger charge is -2.34. The third kappa shape index (κ3) is 8.34. The highest BCUT2D eigenvalue weighted by Gasteiger charge is 2.25. The number of carbonyl (C=O) groups excluding carboxylic acids is 1. The first kappa shape index (κ1) is 33.6. The minimum absolute atomic E-state index is 0. The molecule has 0 radical (unpaired) electrons. The molecule has 3 aromatic rings. The maximum atomic E-state index is 13.0. The molecule has 42 heavy (non-hydrogen) atoms. The van der Waals surface area contributed by atoms with E-state index in [0.717, 1.165) is 41.5 Å². The number of nitrogens with one attached hydrogen (secondary N) is 1. The number of ether oxygens (including phenoxy) is 2. The van der Waals surface area contributed by atoms with Crippen LogP contribution in [0.15, 0.2) is 47.4 Å². The molecule has 2 heterocycles. The molecule has 2 aromatic carbocycles. The van der Waals surface area contributed by atoms with Crippen LogP contribution in [0.3, 0.4) is 0 Å². The fraction of sp³-hybridized carbons (Fsp3) is 0.462. The number of methoxy groups -OCH3 is 2. The van der Waals surface area contributed by atoms with Gasteiger partial charge in [-0.15, -0.1) is 12.4 Å². The second-order valence-corrected chi connectivity index (χ2v) is 12.4. The number of hydrogen-bond acceptors (Lipinski definition) is 11. The molecule has 0 unspecified atom stereocenters. The van der Waals surface area contributed by atoms with Crippen LogP contribution in [0.25, 0.3) is 10.2 Å². The van der Waals surface area contributed by atoms with E-state index in [2.05, 4.69) is 20.1 Å². The van der Waals surface area contributed by atoms with Crippen molar-refractivity contribution in [3.05, 3.63) is 58.1 Å². The molecular formula is C26H35ClN6O7S2. The molecule has 0 bridgehead atoms. The van der Waals surface area contributed by atoms with E-state index in [1.807, 2.05) is 0 Å². The van der Waals surface area contributed by atoms with Crippen LogP contribution in [0.1, 0.15) is 10.4 Å². The van der Waals surface area contributed by atoms with Gasteiger partial charge < -0.3 is 19.7 Å². The monoisotopic (exact) mass is 642 g/mol. The highest BCUT2D eigenvalue weighted by atomic mass is 35.5. The first-order valence-electron chi connectivity index (χ1n) is 13.1. The Hall–Kier alpha value is -2.92. The van der Waals surface area contributed by atoms with Crippen molar-refractivity contribution in [3.63, 3.8) is 0 Å². The van der Waals surface area contributed by atoms with Gasteiger partial charge in [-0.1, -0.05) is 11.3 Å². The van der Waals surface area contributed by atoms with Gasteiger partial charge in [-0.25, -0.2) is 13.4 Å². The number of benzene rings is 2. The first-order chi connectivity index (χ1) is 19.7. The number of halogens is 1. The van der Waals surface area contributed by atoms with E-state index in [0.29, 0.717) is 18.7 Å². The van der Waals surface area contributed by atoms with E-state index in [-0.39, 0.29) is 55.2 Å². The molecule has 0 spiro atoms. The van der Waals surface area contributed by atoms with Gasteiger partial charge in [0, 0.05) is 84.3 Å². The number of aromatic nitrogens is 1. The van der Waals surface area contributed by atoms with Gasteiger partial charge in [0.05, 0.1) is 33.2 Å². The van der Waals surface area contributed by atoms with Gasteiger partial charge in [-0.2, -0.15) is 4.31 Å². The maximum absolute atomic E-state index is 13.0. The second-order valence-electron chi connectivity index (χ2n) is 9.40. The Morgan fingerprint density at radius 1 is 1.07 bits per heavy atom. The van der Waals surface area contributed by atoms with Crippen LogP contribution >= 0.6 is 23.7 Å². The molecule has 4 rings (SSSR count). The van der Waals surface area contributed by atoms with Crippen molar-refractivity contribution in [2.24, 2.45) is 0 Å². The molecule has 1 aliphatic heterocycles. The molecule has 1 aromatic heterocycles. The average molecular weight is 643 g/mol. The number of nitrogens with zero attached hydrogens (tertiary/aromatic N) is 5. The van der Waals surface area contributed by atoms with Gasteiger partial charge in [0.1, 0.15) is 0 Å². The minimum atomic E-state index is -3.76. The highest BCUT2D eigenvalue weighted by Crippen LogP contribution is 2.31. The molecule has 0 aliphatic carbocycles. The average Bonchev–Trinajstić information content (AvgIpc) is 3.41. The molecule has 1 aliphatic rings. The summed E-state index contributed by atoms with van der Waals surface area (Å²) < 4.78 is 38.3. The van der Waals surface area contributed by atoms with Gasteiger partial charge in [0.15, 0.2) is 5.13 Å². The summed E-state index contributed by atoms with van der Waals surface area (Å²) in [6.45, 7) is 5.14. The summed E-state index contributed by atoms with van der Waals surface area (Å²) >= 11 is 1.45. The summed E-state index contributed by atoms with van der Waals surface area (Å²) in [5.74, 6) is -0.272. The highest BCUT2D eigenvalue weighted by molar-refractivity contribution is 7.89. The third-order valence-electron chi connectivity index (χ3n) is 6.77. The van der Waals surface area contributed by atoms with Crippen LogP contribution in [-0.4, -0.2) is 113 Å². The van der Waals surface area contributed by atoms with Crippen molar-refractivity contribution in [3.8, 4) is 0 Å². The Bertz CT molecular complexity index is 1440. The number of sulfonamides is 1. The van der Waals surface area contributed by atoms with E-state index in [1.165, 1.54) is 60.2 Å². The second kappa shape index (κ2) is 15.5. The van der Waals surface area contributed by atoms with Crippen LogP contribution in [0.4, 0.5) is 10.8 Å². The molecular weight excluding hydrogens is 608 g/mol. The lowest BCUT2D eigenvalue weighted by molar-refractivity contribution is -0.384. The molecule has 16 heteroatoms. The molecule has 1 amide bonds. The summed E-state index contributed by atoms with van der Waals surface area (Å²) in [6.07, 6.45) is 0. The van der Waals surface area contributed by atoms with E-state index in [4.69, 9.17) is 9.47 Å². The van der Waals surface area contributed by atoms with E-state index in [1.54, 1.807) is 12.1 Å². The molecule has 13 nitrogen and oxygen atoms in total. The first-order valence-corrected chi connectivity index (χ1v) is 15.4. The summed E-state index contributed by atoms with van der Waals surface area (Å²) in [4.78, 5) is 32.5. The number of thiazole rings is 1. The van der Waals surface area contributed by atoms with Crippen molar-refractivity contribution >= 4 is 60.7 Å². The van der Waals surface area contributed by atoms with Gasteiger partial charge >= 0.3 is 0 Å². The van der Waals surface area contributed by atoms with Crippen molar-refractivity contribution in [2.45, 2.75) is 4.90 Å². The number of rotatable bonds is 14. The van der Waals surface area contributed by atoms with Gasteiger partial charge in [-0.3, -0.25) is 19.8 Å². The van der Waals surface area contributed by atoms with Gasteiger partial charge in [-0.05, 0) is 30.3 Å². The topological polar surface area (TPSA) is 147 Å². The van der Waals surface area contributed by atoms with Crippen molar-refractivity contribution in [2.75, 3.05) is 84.7 Å². The smallest absolute Gasteiger partial charge is 0.270 e. The number of amides is 1. The fourth-order valence-electron chi connectivity index (χ4n) is 4.41. The molecule has 1 fully saturated rings. The van der Waals surface area contributed by atoms with E-state index >= 15 is 0 Å². The van der Waals surface area contributed by atoms with Crippen LogP contribution in [0.5, 0.6) is 0 Å². The number of fused-ring (bicyclic) bond motifs is 1. The molecule has 0 atom stereocenters. The lowest BCUT2D eigenvalue weighted by atomic mass is 10.2. The largest absolute Gasteiger partial charge is 0.383 e. The summed E-state index contributed by atoms with van der Waals surface area (Å²) in [5, 5.41) is 14.8. The Labute approximate surface area is 255 Å². The number of anilines is 1. The van der Waals surface area contributed by atoms with Crippen molar-refractivity contribution in [1.82, 2.24) is 19.5 Å². The summed E-state index contributed by atoms with van der Waals surface area (Å²) in [7, 11) is -0.735. The number of nitro benzene ring substituents is 1. The molecule has 1 N–H and O–H groups in total. The lowest BCUT2D eigenvalue weighted by Crippen LogP contribution is -2.48. The Morgan fingerprint density at radius 3 is 2.31 bits per heavy atom. The standard InChI is InChI=1S/C26H34N6O7S2.ClH/c1-38-17-15-31(16-18-39-2)41(36,37)22-6-3-20(4-7-22)25(33)27-9-10-29-11-13-30(14-12-29)26-28-23-8-5-21(32(34)35)19-24(23)40-26;/h3-8,19H,9-18H2,1-2H3,(H,27,33);1H. The number of piperazine rings is 1. The van der Waals surface area contributed by atoms with E-state index < -0.39 is 14.9 Å². The summed E-state index contributed by atoms with van der Waals surface area (Å²) in [6, 6.07) is 10.6. The SMILES string of the molecule is COCCN(CCOC)S(=O)(=O)c1ccc(C(=O)NCCN2CCN(c3nc4ccc([N+](=O)[O-])cc4s3)CC2)cc1.Cl. The quantitative estimate of drug-likeness (QED) is 0.205. The van der Waals surface area contributed by atoms with Crippen molar-refractivity contribution in [1.29, 1.82) is 0 Å². The van der Waals surface area contributed by atoms with Gasteiger partial charge in [0.2, 0.25) is 10.0 Å². The third-order valence-corrected chi connectivity index (χ3v) is 9.76. The molecule has 1 saturated heterocycles. The molecule has 0 saturated carbocycles. The van der Waals surface area contributed by atoms with Crippen molar-refractivity contribution < 1.29 is 27.6 Å². The number of non-ortho nitro benzene ring substituents is 1. The van der Waals surface area contributed by atoms with Crippen LogP contribution in [0.2, 0.25) is 0 Å². The normalized spacial score (nSPS) is 14.2. The Kier molecular flexibility index (Phi) is 12.4. The zero-order valence-electron chi connectivity index (χ0n) is 23.4. The minimum Gasteiger partial charge on any atom is -0.383 e. The number of nitro groups is 1. The Balaban J connectivity index is 0.00000484. The van der Waals surface area contributed by atoms with Crippen LogP contribution < -0.4 is 10.2 Å². The zero-order chi connectivity index (χ0) is 29.4. The van der Waals surface area contributed by atoms with Crippen LogP contribution in [0, 0.1) is 10.1 Å². The van der Waals surface area contributed by atoms with Gasteiger partial charge in [0.25, 0.3) is 11.6 Å². The number of carbonyl (C=O) groups is 1. The fourth-order valence-corrected chi connectivity index (χ4v) is 6.87. The number of hydrogen-bond donors (Lipinski definition) is 1. The predicted molar refractivity (Wildman–Crippen MR) is 163 cm³/mol.